The van der Waals surface area contributed by atoms with Crippen LogP contribution in [-0.4, -0.2) is 4.57 Å². The Kier molecular flexibility index (Phi) is 6.22. The molecule has 52 heavy (non-hydrogen) atoms. The topological polar surface area (TPSA) is 18.1 Å². The van der Waals surface area contributed by atoms with Crippen LogP contribution in [0.15, 0.2) is 157 Å². The third-order valence-electron chi connectivity index (χ3n) is 10.8. The molecule has 0 aliphatic heterocycles. The summed E-state index contributed by atoms with van der Waals surface area (Å²) < 4.78 is 10.1. The lowest BCUT2D eigenvalue weighted by molar-refractivity contribution is 0.669. The minimum Gasteiger partial charge on any atom is -0.456 e. The zero-order valence-electron chi connectivity index (χ0n) is 28.5. The van der Waals surface area contributed by atoms with Crippen molar-refractivity contribution in [3.63, 3.8) is 0 Å². The van der Waals surface area contributed by atoms with Gasteiger partial charge in [0.2, 0.25) is 0 Å². The molecule has 0 aliphatic rings. The number of thiophene rings is 1. The van der Waals surface area contributed by atoms with E-state index in [1.54, 1.807) is 0 Å². The Morgan fingerprint density at radius 1 is 0.558 bits per heavy atom. The second kappa shape index (κ2) is 11.0. The van der Waals surface area contributed by atoms with Gasteiger partial charge in [-0.05, 0) is 76.0 Å². The molecular weight excluding hydrogens is 651 g/mol. The van der Waals surface area contributed by atoms with Gasteiger partial charge in [-0.3, -0.25) is 0 Å². The van der Waals surface area contributed by atoms with Gasteiger partial charge in [-0.1, -0.05) is 128 Å². The first kappa shape index (κ1) is 29.3. The van der Waals surface area contributed by atoms with E-state index in [2.05, 4.69) is 158 Å². The van der Waals surface area contributed by atoms with Crippen molar-refractivity contribution in [1.29, 1.82) is 0 Å². The quantitative estimate of drug-likeness (QED) is 0.169. The van der Waals surface area contributed by atoms with E-state index in [-0.39, 0.29) is 0 Å². The molecule has 0 spiro atoms. The number of rotatable bonds is 4. The van der Waals surface area contributed by atoms with E-state index in [0.29, 0.717) is 0 Å². The van der Waals surface area contributed by atoms with Crippen LogP contribution in [0, 0.1) is 0 Å². The lowest BCUT2D eigenvalue weighted by Gasteiger charge is -2.15. The molecular formula is C49H31NOS. The summed E-state index contributed by atoms with van der Waals surface area (Å²) >= 11 is 1.85. The summed E-state index contributed by atoms with van der Waals surface area (Å²) in [6.45, 7) is 6.41. The van der Waals surface area contributed by atoms with Gasteiger partial charge in [-0.15, -0.1) is 11.3 Å². The van der Waals surface area contributed by atoms with Gasteiger partial charge in [-0.2, -0.15) is 0 Å². The summed E-state index contributed by atoms with van der Waals surface area (Å²) in [5.74, 6) is 0. The Balaban J connectivity index is 1.31. The average molecular weight is 682 g/mol. The predicted octanol–water partition coefficient (Wildman–Crippen LogP) is 14.7. The van der Waals surface area contributed by atoms with Gasteiger partial charge >= 0.3 is 0 Å². The van der Waals surface area contributed by atoms with E-state index in [1.165, 1.54) is 74.6 Å². The van der Waals surface area contributed by atoms with E-state index in [1.807, 2.05) is 29.5 Å². The second-order valence-electron chi connectivity index (χ2n) is 13.6. The Bertz CT molecular complexity index is 3330. The van der Waals surface area contributed by atoms with Gasteiger partial charge in [-0.25, -0.2) is 0 Å². The number of aromatic nitrogens is 1. The minimum absolute atomic E-state index is 0.903. The van der Waals surface area contributed by atoms with Gasteiger partial charge in [0, 0.05) is 53.8 Å². The van der Waals surface area contributed by atoms with Crippen molar-refractivity contribution >= 4 is 110 Å². The highest BCUT2D eigenvalue weighted by molar-refractivity contribution is 7.21. The molecule has 0 atom stereocenters. The number of para-hydroxylation sites is 2. The predicted molar refractivity (Wildman–Crippen MR) is 226 cm³/mol. The van der Waals surface area contributed by atoms with Crippen LogP contribution >= 0.6 is 11.3 Å². The minimum atomic E-state index is 0.903. The fourth-order valence-electron chi connectivity index (χ4n) is 8.73. The smallest absolute Gasteiger partial charge is 0.136 e. The molecule has 0 bridgehead atoms. The van der Waals surface area contributed by atoms with Gasteiger partial charge < -0.3 is 8.98 Å². The van der Waals surface area contributed by atoms with Gasteiger partial charge in [0.1, 0.15) is 11.2 Å². The third-order valence-corrected chi connectivity index (χ3v) is 12.0. The fourth-order valence-corrected chi connectivity index (χ4v) is 9.91. The van der Waals surface area contributed by atoms with E-state index >= 15 is 0 Å². The van der Waals surface area contributed by atoms with Crippen molar-refractivity contribution in [2.24, 2.45) is 0 Å². The average Bonchev–Trinajstić information content (AvgIpc) is 3.87. The third kappa shape index (κ3) is 3.94. The van der Waals surface area contributed by atoms with Crippen molar-refractivity contribution in [3.8, 4) is 16.8 Å². The number of allylic oxidation sites excluding steroid dienone is 1. The van der Waals surface area contributed by atoms with Gasteiger partial charge in [0.05, 0.1) is 15.7 Å². The van der Waals surface area contributed by atoms with Gasteiger partial charge in [0.15, 0.2) is 0 Å². The van der Waals surface area contributed by atoms with Crippen molar-refractivity contribution < 1.29 is 4.42 Å². The summed E-state index contributed by atoms with van der Waals surface area (Å²) in [6.07, 6.45) is 6.46. The van der Waals surface area contributed by atoms with Crippen molar-refractivity contribution in [2.75, 3.05) is 0 Å². The van der Waals surface area contributed by atoms with Crippen molar-refractivity contribution in [1.82, 2.24) is 4.57 Å². The number of hydrogen-bond donors (Lipinski definition) is 0. The molecule has 8 aromatic carbocycles. The van der Waals surface area contributed by atoms with E-state index in [9.17, 15) is 0 Å². The first-order valence-electron chi connectivity index (χ1n) is 17.8. The van der Waals surface area contributed by atoms with Crippen LogP contribution in [0.25, 0.3) is 115 Å². The molecule has 244 valence electrons. The molecule has 0 amide bonds. The molecule has 0 unspecified atom stereocenters. The van der Waals surface area contributed by atoms with Crippen LogP contribution < -0.4 is 0 Å². The summed E-state index contributed by atoms with van der Waals surface area (Å²) in [5.41, 5.74) is 8.87. The van der Waals surface area contributed by atoms with E-state index in [4.69, 9.17) is 4.42 Å². The molecule has 3 aromatic heterocycles. The molecule has 0 radical (unpaired) electrons. The number of benzene rings is 8. The maximum absolute atomic E-state index is 6.31. The largest absolute Gasteiger partial charge is 0.456 e. The summed E-state index contributed by atoms with van der Waals surface area (Å²) in [5, 5.41) is 13.8. The van der Waals surface area contributed by atoms with Crippen LogP contribution in [0.2, 0.25) is 0 Å². The molecule has 0 aliphatic carbocycles. The number of fused-ring (bicyclic) bond motifs is 16. The van der Waals surface area contributed by atoms with Crippen molar-refractivity contribution in [2.45, 2.75) is 6.92 Å². The number of hydrogen-bond acceptors (Lipinski definition) is 2. The molecule has 3 heteroatoms. The van der Waals surface area contributed by atoms with Crippen LogP contribution in [0.1, 0.15) is 17.4 Å². The van der Waals surface area contributed by atoms with Crippen molar-refractivity contribution in [3.05, 3.63) is 163 Å². The van der Waals surface area contributed by atoms with E-state index in [0.717, 1.165) is 38.8 Å². The first-order chi connectivity index (χ1) is 25.7. The molecule has 2 nitrogen and oxygen atoms in total. The monoisotopic (exact) mass is 681 g/mol. The fraction of sp³-hybridized carbons (Fsp3) is 0.0204. The molecule has 0 saturated carbocycles. The molecule has 0 fully saturated rings. The summed E-state index contributed by atoms with van der Waals surface area (Å²) in [7, 11) is 0. The second-order valence-corrected chi connectivity index (χ2v) is 14.6. The Labute approximate surface area is 303 Å². The highest BCUT2D eigenvalue weighted by Gasteiger charge is 2.25. The first-order valence-corrected chi connectivity index (χ1v) is 18.6. The number of nitrogens with zero attached hydrogens (tertiary/aromatic N) is 1. The normalized spacial score (nSPS) is 12.3. The molecule has 3 heterocycles. The Morgan fingerprint density at radius 3 is 1.94 bits per heavy atom. The lowest BCUT2D eigenvalue weighted by atomic mass is 9.89. The van der Waals surface area contributed by atoms with E-state index < -0.39 is 0 Å². The molecule has 11 rings (SSSR count). The van der Waals surface area contributed by atoms with Crippen LogP contribution in [0.5, 0.6) is 0 Å². The highest BCUT2D eigenvalue weighted by Crippen LogP contribution is 2.51. The molecule has 11 aromatic rings. The lowest BCUT2D eigenvalue weighted by Crippen LogP contribution is -1.95. The molecule has 0 saturated heterocycles. The zero-order valence-corrected chi connectivity index (χ0v) is 29.3. The maximum Gasteiger partial charge on any atom is 0.136 e. The summed E-state index contributed by atoms with van der Waals surface area (Å²) in [6, 6.07) is 50.6. The Morgan fingerprint density at radius 2 is 1.19 bits per heavy atom. The molecule has 0 N–H and O–H groups in total. The highest BCUT2D eigenvalue weighted by atomic mass is 32.1. The standard InChI is InChI=1S/C49H31NOS/c1-3-14-39-43(4-2)52-49-47(39)45-37-21-8-6-18-33(37)32-17-5-7-20-36(32)44(45)46-38-22-9-11-23-40(38)50(48(46)49)31-16-13-15-29(27-31)30-25-26-35-34-19-10-12-24-41(34)51-42(35)28-30/h3-28H,2H2,1H3/b14-3-. The van der Waals surface area contributed by atoms with Crippen LogP contribution in [0.4, 0.5) is 0 Å². The van der Waals surface area contributed by atoms with Crippen LogP contribution in [0.3, 0.4) is 0 Å². The zero-order chi connectivity index (χ0) is 34.5. The number of furan rings is 1. The summed E-state index contributed by atoms with van der Waals surface area (Å²) in [4.78, 5) is 1.18. The Hall–Kier alpha value is -6.42. The van der Waals surface area contributed by atoms with Crippen LogP contribution in [-0.2, 0) is 0 Å². The van der Waals surface area contributed by atoms with Gasteiger partial charge in [0.25, 0.3) is 0 Å². The SMILES string of the molecule is C=Cc1sc2c(c1/C=C\C)c1c3ccccc3c3ccccc3c1c1c3ccccc3n(-c3cccc(-c4ccc5c(c4)oc4ccccc45)c3)c21. The maximum atomic E-state index is 6.31.